The van der Waals surface area contributed by atoms with E-state index in [-0.39, 0.29) is 37.1 Å². The van der Waals surface area contributed by atoms with Crippen LogP contribution >= 0.6 is 0 Å². The van der Waals surface area contributed by atoms with E-state index in [0.717, 1.165) is 19.4 Å². The molecular weight excluding hydrogens is 294 g/mol. The third-order valence-corrected chi connectivity index (χ3v) is 3.99. The molecule has 1 heterocycles. The molecule has 7 nitrogen and oxygen atoms in total. The van der Waals surface area contributed by atoms with Crippen molar-refractivity contribution in [3.05, 3.63) is 0 Å². The van der Waals surface area contributed by atoms with E-state index in [0.29, 0.717) is 19.6 Å². The number of nitrogens with zero attached hydrogens (tertiary/aromatic N) is 5. The normalized spacial score (nSPS) is 17.8. The smallest absolute Gasteiger partial charge is 0.236 e. The Kier molecular flexibility index (Phi) is 8.07. The van der Waals surface area contributed by atoms with Gasteiger partial charge in [0.15, 0.2) is 0 Å². The van der Waals surface area contributed by atoms with Crippen molar-refractivity contribution in [1.29, 1.82) is 10.5 Å². The summed E-state index contributed by atoms with van der Waals surface area (Å²) in [6, 6.07) is 4.05. The molecule has 0 spiro atoms. The van der Waals surface area contributed by atoms with Crippen LogP contribution in [-0.4, -0.2) is 73.3 Å². The quantitative estimate of drug-likeness (QED) is 0.679. The summed E-state index contributed by atoms with van der Waals surface area (Å²) in [6.45, 7) is 2.34. The molecule has 126 valence electrons. The predicted molar refractivity (Wildman–Crippen MR) is 84.9 cm³/mol. The van der Waals surface area contributed by atoms with Gasteiger partial charge >= 0.3 is 0 Å². The molecule has 0 saturated carbocycles. The van der Waals surface area contributed by atoms with Gasteiger partial charge < -0.3 is 9.80 Å². The fraction of sp³-hybridized carbons (Fsp3) is 0.750. The molecule has 23 heavy (non-hydrogen) atoms. The number of amides is 2. The van der Waals surface area contributed by atoms with Crippen LogP contribution in [0.1, 0.15) is 25.7 Å². The van der Waals surface area contributed by atoms with Crippen molar-refractivity contribution >= 4 is 11.8 Å². The van der Waals surface area contributed by atoms with Gasteiger partial charge in [-0.1, -0.05) is 0 Å². The van der Waals surface area contributed by atoms with Crippen LogP contribution in [0.15, 0.2) is 0 Å². The van der Waals surface area contributed by atoms with E-state index in [9.17, 15) is 9.59 Å². The third kappa shape index (κ3) is 6.25. The fourth-order valence-corrected chi connectivity index (χ4v) is 2.79. The van der Waals surface area contributed by atoms with Crippen LogP contribution < -0.4 is 0 Å². The molecular formula is C16H25N5O2. The summed E-state index contributed by atoms with van der Waals surface area (Å²) >= 11 is 0. The van der Waals surface area contributed by atoms with Crippen molar-refractivity contribution in [2.45, 2.75) is 25.7 Å². The van der Waals surface area contributed by atoms with E-state index in [2.05, 4.69) is 0 Å². The lowest BCUT2D eigenvalue weighted by Crippen LogP contribution is -2.47. The van der Waals surface area contributed by atoms with Gasteiger partial charge in [0.1, 0.15) is 0 Å². The first-order valence-corrected chi connectivity index (χ1v) is 7.94. The summed E-state index contributed by atoms with van der Waals surface area (Å²) in [6.07, 6.45) is 2.28. The third-order valence-electron chi connectivity index (χ3n) is 3.99. The number of carbonyl (C=O) groups is 2. The van der Waals surface area contributed by atoms with E-state index in [1.807, 2.05) is 17.0 Å². The van der Waals surface area contributed by atoms with Crippen molar-refractivity contribution in [2.24, 2.45) is 5.92 Å². The van der Waals surface area contributed by atoms with Crippen LogP contribution in [-0.2, 0) is 9.59 Å². The Hall–Kier alpha value is -2.12. The number of rotatable bonds is 7. The number of piperidine rings is 1. The highest BCUT2D eigenvalue weighted by atomic mass is 16.2. The first-order chi connectivity index (χ1) is 11.0. The Labute approximate surface area is 138 Å². The van der Waals surface area contributed by atoms with Gasteiger partial charge in [0.2, 0.25) is 11.8 Å². The van der Waals surface area contributed by atoms with Crippen LogP contribution in [0.5, 0.6) is 0 Å². The van der Waals surface area contributed by atoms with Crippen LogP contribution in [0.2, 0.25) is 0 Å². The van der Waals surface area contributed by atoms with Crippen LogP contribution in [0.4, 0.5) is 0 Å². The predicted octanol–water partition coefficient (Wildman–Crippen LogP) is 0.443. The summed E-state index contributed by atoms with van der Waals surface area (Å²) in [7, 11) is 3.50. The highest BCUT2D eigenvalue weighted by Crippen LogP contribution is 2.18. The van der Waals surface area contributed by atoms with E-state index in [4.69, 9.17) is 10.5 Å². The van der Waals surface area contributed by atoms with E-state index < -0.39 is 0 Å². The largest absolute Gasteiger partial charge is 0.349 e. The lowest BCUT2D eigenvalue weighted by Gasteiger charge is -2.34. The van der Waals surface area contributed by atoms with Gasteiger partial charge in [0, 0.05) is 33.7 Å². The molecule has 1 saturated heterocycles. The second-order valence-electron chi connectivity index (χ2n) is 6.00. The molecule has 2 amide bonds. The van der Waals surface area contributed by atoms with E-state index >= 15 is 0 Å². The number of hydrogen-bond acceptors (Lipinski definition) is 5. The lowest BCUT2D eigenvalue weighted by atomic mass is 9.97. The van der Waals surface area contributed by atoms with Gasteiger partial charge in [-0.05, 0) is 19.4 Å². The lowest BCUT2D eigenvalue weighted by molar-refractivity contribution is -0.137. The first-order valence-electron chi connectivity index (χ1n) is 7.94. The molecule has 0 aromatic rings. The maximum Gasteiger partial charge on any atom is 0.236 e. The molecule has 7 heteroatoms. The monoisotopic (exact) mass is 319 g/mol. The van der Waals surface area contributed by atoms with Gasteiger partial charge in [-0.15, -0.1) is 0 Å². The van der Waals surface area contributed by atoms with Gasteiger partial charge in [-0.3, -0.25) is 14.5 Å². The Morgan fingerprint density at radius 1 is 1.17 bits per heavy atom. The molecule has 0 radical (unpaired) electrons. The standard InChI is InChI=1S/C16H25N5O2/c1-19(2)16(23)14-6-3-9-20(12-14)13-15(22)21(10-4-7-17)11-5-8-18/h14H,3-6,9-13H2,1-2H3. The molecule has 1 fully saturated rings. The summed E-state index contributed by atoms with van der Waals surface area (Å²) in [4.78, 5) is 29.7. The molecule has 0 aromatic carbocycles. The Morgan fingerprint density at radius 2 is 1.78 bits per heavy atom. The SMILES string of the molecule is CN(C)C(=O)C1CCCN(CC(=O)N(CCC#N)CCC#N)C1. The average molecular weight is 319 g/mol. The van der Waals surface area contributed by atoms with Crippen LogP contribution in [0, 0.1) is 28.6 Å². The Balaban J connectivity index is 2.57. The minimum atomic E-state index is -0.0755. The molecule has 0 aliphatic carbocycles. The number of hydrogen-bond donors (Lipinski definition) is 0. The maximum atomic E-state index is 12.4. The van der Waals surface area contributed by atoms with Crippen LogP contribution in [0.25, 0.3) is 0 Å². The highest BCUT2D eigenvalue weighted by Gasteiger charge is 2.28. The highest BCUT2D eigenvalue weighted by molar-refractivity contribution is 5.80. The van der Waals surface area contributed by atoms with Crippen molar-refractivity contribution in [2.75, 3.05) is 46.8 Å². The summed E-state index contributed by atoms with van der Waals surface area (Å²) < 4.78 is 0. The van der Waals surface area contributed by atoms with Crippen LogP contribution in [0.3, 0.4) is 0 Å². The molecule has 1 unspecified atom stereocenters. The average Bonchev–Trinajstić information content (AvgIpc) is 2.54. The fourth-order valence-electron chi connectivity index (χ4n) is 2.79. The molecule has 0 bridgehead atoms. The molecule has 1 aliphatic heterocycles. The van der Waals surface area contributed by atoms with E-state index in [1.54, 1.807) is 23.9 Å². The Morgan fingerprint density at radius 3 is 2.30 bits per heavy atom. The summed E-state index contributed by atoms with van der Waals surface area (Å²) in [5.74, 6) is -0.0281. The molecule has 0 aromatic heterocycles. The molecule has 1 aliphatic rings. The maximum absolute atomic E-state index is 12.4. The van der Waals surface area contributed by atoms with Gasteiger partial charge in [0.05, 0.1) is 37.4 Å². The number of carbonyl (C=O) groups excluding carboxylic acids is 2. The second-order valence-corrected chi connectivity index (χ2v) is 6.00. The molecule has 1 rings (SSSR count). The Bertz CT molecular complexity index is 474. The number of likely N-dealkylation sites (tertiary alicyclic amines) is 1. The topological polar surface area (TPSA) is 91.4 Å². The van der Waals surface area contributed by atoms with Crippen molar-refractivity contribution in [3.63, 3.8) is 0 Å². The first kappa shape index (κ1) is 18.9. The second kappa shape index (κ2) is 9.81. The van der Waals surface area contributed by atoms with Crippen molar-refractivity contribution in [3.8, 4) is 12.1 Å². The van der Waals surface area contributed by atoms with Gasteiger partial charge in [-0.25, -0.2) is 0 Å². The zero-order valence-electron chi connectivity index (χ0n) is 14.0. The minimum Gasteiger partial charge on any atom is -0.349 e. The summed E-state index contributed by atoms with van der Waals surface area (Å²) in [5, 5.41) is 17.4. The zero-order chi connectivity index (χ0) is 17.2. The minimum absolute atomic E-state index is 0.0572. The zero-order valence-corrected chi connectivity index (χ0v) is 14.0. The molecule has 1 atom stereocenters. The van der Waals surface area contributed by atoms with Gasteiger partial charge in [0.25, 0.3) is 0 Å². The van der Waals surface area contributed by atoms with Gasteiger partial charge in [-0.2, -0.15) is 10.5 Å². The van der Waals surface area contributed by atoms with E-state index in [1.165, 1.54) is 0 Å². The number of nitriles is 2. The van der Waals surface area contributed by atoms with Crippen molar-refractivity contribution in [1.82, 2.24) is 14.7 Å². The molecule has 0 N–H and O–H groups in total. The van der Waals surface area contributed by atoms with Crippen molar-refractivity contribution < 1.29 is 9.59 Å². The summed E-state index contributed by atoms with van der Waals surface area (Å²) in [5.41, 5.74) is 0.